The number of methoxy groups -OCH3 is 1. The maximum atomic E-state index is 5.12. The molecule has 1 aliphatic rings. The minimum absolute atomic E-state index is 0.818. The van der Waals surface area contributed by atoms with E-state index in [-0.39, 0.29) is 0 Å². The van der Waals surface area contributed by atoms with Gasteiger partial charge in [-0.25, -0.2) is 0 Å². The van der Waals surface area contributed by atoms with Crippen molar-refractivity contribution in [3.8, 4) is 5.75 Å². The first-order chi connectivity index (χ1) is 8.38. The van der Waals surface area contributed by atoms with Gasteiger partial charge in [-0.2, -0.15) is 0 Å². The van der Waals surface area contributed by atoms with Crippen molar-refractivity contribution >= 4 is 6.21 Å². The Hall–Kier alpha value is -1.31. The second-order valence-electron chi connectivity index (χ2n) is 4.77. The Balaban J connectivity index is 1.82. The summed E-state index contributed by atoms with van der Waals surface area (Å²) in [6.45, 7) is 0.992. The zero-order valence-electron chi connectivity index (χ0n) is 10.6. The van der Waals surface area contributed by atoms with Crippen molar-refractivity contribution in [2.24, 2.45) is 10.9 Å². The molecule has 2 rings (SSSR count). The van der Waals surface area contributed by atoms with Crippen molar-refractivity contribution in [2.45, 2.75) is 32.1 Å². The Labute approximate surface area is 104 Å². The fraction of sp³-hybridized carbons (Fsp3) is 0.533. The van der Waals surface area contributed by atoms with Crippen molar-refractivity contribution in [1.29, 1.82) is 0 Å². The van der Waals surface area contributed by atoms with Gasteiger partial charge in [0.1, 0.15) is 5.75 Å². The number of nitrogens with zero attached hydrogens (tertiary/aromatic N) is 1. The van der Waals surface area contributed by atoms with Gasteiger partial charge in [0.2, 0.25) is 0 Å². The van der Waals surface area contributed by atoms with Crippen molar-refractivity contribution in [3.05, 3.63) is 29.8 Å². The molecular formula is C15H21NO. The summed E-state index contributed by atoms with van der Waals surface area (Å²) < 4.78 is 5.12. The van der Waals surface area contributed by atoms with Gasteiger partial charge in [-0.1, -0.05) is 19.3 Å². The third-order valence-corrected chi connectivity index (χ3v) is 3.44. The van der Waals surface area contributed by atoms with Crippen LogP contribution in [0.1, 0.15) is 37.7 Å². The molecule has 0 atom stereocenters. The molecule has 17 heavy (non-hydrogen) atoms. The van der Waals surface area contributed by atoms with E-state index in [2.05, 4.69) is 4.99 Å². The second kappa shape index (κ2) is 6.43. The average molecular weight is 231 g/mol. The van der Waals surface area contributed by atoms with Gasteiger partial charge >= 0.3 is 0 Å². The molecule has 92 valence electrons. The Kier molecular flexibility index (Phi) is 4.60. The summed E-state index contributed by atoms with van der Waals surface area (Å²) in [5.74, 6) is 1.72. The van der Waals surface area contributed by atoms with Gasteiger partial charge in [-0.3, -0.25) is 4.99 Å². The highest BCUT2D eigenvalue weighted by molar-refractivity contribution is 5.79. The third-order valence-electron chi connectivity index (χ3n) is 3.44. The van der Waals surface area contributed by atoms with E-state index < -0.39 is 0 Å². The lowest BCUT2D eigenvalue weighted by molar-refractivity contribution is 0.367. The van der Waals surface area contributed by atoms with Crippen molar-refractivity contribution in [2.75, 3.05) is 13.7 Å². The molecule has 0 N–H and O–H groups in total. The minimum Gasteiger partial charge on any atom is -0.497 e. The Morgan fingerprint density at radius 3 is 2.53 bits per heavy atom. The van der Waals surface area contributed by atoms with Crippen LogP contribution in [0.5, 0.6) is 5.75 Å². The third kappa shape index (κ3) is 3.88. The SMILES string of the molecule is COc1ccc(C=NCC2CCCCC2)cc1. The van der Waals surface area contributed by atoms with Crippen LogP contribution < -0.4 is 4.74 Å². The summed E-state index contributed by atoms with van der Waals surface area (Å²) in [5.41, 5.74) is 1.15. The highest BCUT2D eigenvalue weighted by Gasteiger charge is 2.11. The molecular weight excluding hydrogens is 210 g/mol. The smallest absolute Gasteiger partial charge is 0.118 e. The molecule has 0 amide bonds. The quantitative estimate of drug-likeness (QED) is 0.724. The molecule has 0 spiro atoms. The van der Waals surface area contributed by atoms with Gasteiger partial charge in [0, 0.05) is 12.8 Å². The Morgan fingerprint density at radius 2 is 1.88 bits per heavy atom. The van der Waals surface area contributed by atoms with Crippen LogP contribution in [0.4, 0.5) is 0 Å². The second-order valence-corrected chi connectivity index (χ2v) is 4.77. The van der Waals surface area contributed by atoms with Gasteiger partial charge < -0.3 is 4.74 Å². The Bertz CT molecular complexity index is 350. The van der Waals surface area contributed by atoms with Crippen LogP contribution >= 0.6 is 0 Å². The van der Waals surface area contributed by atoms with Crippen LogP contribution in [-0.2, 0) is 0 Å². The summed E-state index contributed by atoms with van der Waals surface area (Å²) in [4.78, 5) is 4.55. The monoisotopic (exact) mass is 231 g/mol. The number of hydrogen-bond donors (Lipinski definition) is 0. The summed E-state index contributed by atoms with van der Waals surface area (Å²) in [6, 6.07) is 8.04. The largest absolute Gasteiger partial charge is 0.497 e. The standard InChI is InChI=1S/C15H21NO/c1-17-15-9-7-14(8-10-15)12-16-11-13-5-3-2-4-6-13/h7-10,12-13H,2-6,11H2,1H3. The van der Waals surface area contributed by atoms with E-state index in [1.54, 1.807) is 7.11 Å². The molecule has 0 aliphatic heterocycles. The molecule has 1 saturated carbocycles. The highest BCUT2D eigenvalue weighted by atomic mass is 16.5. The van der Waals surface area contributed by atoms with Gasteiger partial charge in [0.05, 0.1) is 7.11 Å². The van der Waals surface area contributed by atoms with E-state index >= 15 is 0 Å². The van der Waals surface area contributed by atoms with E-state index in [0.29, 0.717) is 0 Å². The lowest BCUT2D eigenvalue weighted by atomic mass is 9.89. The predicted molar refractivity (Wildman–Crippen MR) is 72.0 cm³/mol. The first-order valence-corrected chi connectivity index (χ1v) is 6.52. The van der Waals surface area contributed by atoms with E-state index in [1.807, 2.05) is 30.5 Å². The van der Waals surface area contributed by atoms with Crippen molar-refractivity contribution < 1.29 is 4.74 Å². The first-order valence-electron chi connectivity index (χ1n) is 6.52. The topological polar surface area (TPSA) is 21.6 Å². The lowest BCUT2D eigenvalue weighted by Gasteiger charge is -2.19. The summed E-state index contributed by atoms with van der Waals surface area (Å²) in [5, 5.41) is 0. The van der Waals surface area contributed by atoms with Crippen LogP contribution in [-0.4, -0.2) is 19.9 Å². The normalized spacial score (nSPS) is 17.5. The molecule has 1 fully saturated rings. The summed E-state index contributed by atoms with van der Waals surface area (Å²) in [6.07, 6.45) is 8.90. The van der Waals surface area contributed by atoms with E-state index in [0.717, 1.165) is 23.8 Å². The number of ether oxygens (including phenoxy) is 1. The van der Waals surface area contributed by atoms with E-state index in [9.17, 15) is 0 Å². The number of rotatable bonds is 4. The zero-order valence-corrected chi connectivity index (χ0v) is 10.6. The van der Waals surface area contributed by atoms with Gasteiger partial charge in [0.15, 0.2) is 0 Å². The average Bonchev–Trinajstić information content (AvgIpc) is 2.41. The number of benzene rings is 1. The minimum atomic E-state index is 0.818. The molecule has 1 aromatic carbocycles. The number of aliphatic imine (C=N–C) groups is 1. The fourth-order valence-electron chi connectivity index (χ4n) is 2.37. The lowest BCUT2D eigenvalue weighted by Crippen LogP contribution is -2.09. The maximum Gasteiger partial charge on any atom is 0.118 e. The molecule has 0 unspecified atom stereocenters. The maximum absolute atomic E-state index is 5.12. The molecule has 2 heteroatoms. The zero-order chi connectivity index (χ0) is 11.9. The van der Waals surface area contributed by atoms with Crippen LogP contribution in [0.3, 0.4) is 0 Å². The molecule has 0 radical (unpaired) electrons. The van der Waals surface area contributed by atoms with Gasteiger partial charge in [-0.05, 0) is 48.6 Å². The van der Waals surface area contributed by atoms with E-state index in [4.69, 9.17) is 4.74 Å². The molecule has 0 saturated heterocycles. The summed E-state index contributed by atoms with van der Waals surface area (Å²) >= 11 is 0. The van der Waals surface area contributed by atoms with Gasteiger partial charge in [0.25, 0.3) is 0 Å². The molecule has 0 aromatic heterocycles. The predicted octanol–water partition coefficient (Wildman–Crippen LogP) is 3.69. The van der Waals surface area contributed by atoms with Crippen LogP contribution in [0.15, 0.2) is 29.3 Å². The molecule has 0 bridgehead atoms. The van der Waals surface area contributed by atoms with Gasteiger partial charge in [-0.15, -0.1) is 0 Å². The van der Waals surface area contributed by atoms with Crippen molar-refractivity contribution in [1.82, 2.24) is 0 Å². The Morgan fingerprint density at radius 1 is 1.18 bits per heavy atom. The van der Waals surface area contributed by atoms with E-state index in [1.165, 1.54) is 32.1 Å². The summed E-state index contributed by atoms with van der Waals surface area (Å²) in [7, 11) is 1.69. The molecule has 1 aliphatic carbocycles. The fourth-order valence-corrected chi connectivity index (χ4v) is 2.37. The first kappa shape index (κ1) is 12.2. The molecule has 2 nitrogen and oxygen atoms in total. The number of hydrogen-bond acceptors (Lipinski definition) is 2. The van der Waals surface area contributed by atoms with Crippen LogP contribution in [0.2, 0.25) is 0 Å². The van der Waals surface area contributed by atoms with Crippen LogP contribution in [0.25, 0.3) is 0 Å². The van der Waals surface area contributed by atoms with Crippen LogP contribution in [0, 0.1) is 5.92 Å². The molecule has 0 heterocycles. The highest BCUT2D eigenvalue weighted by Crippen LogP contribution is 2.23. The van der Waals surface area contributed by atoms with Crippen molar-refractivity contribution in [3.63, 3.8) is 0 Å². The molecule has 1 aromatic rings.